The van der Waals surface area contributed by atoms with Crippen LogP contribution in [-0.2, 0) is 0 Å². The molecule has 2 aromatic carbocycles. The Kier molecular flexibility index (Phi) is 3.67. The number of para-hydroxylation sites is 2. The molecule has 2 rings (SSSR count). The maximum atomic E-state index is 9.57. The van der Waals surface area contributed by atoms with Crippen molar-refractivity contribution in [3.63, 3.8) is 0 Å². The van der Waals surface area contributed by atoms with Crippen molar-refractivity contribution >= 4 is 35.1 Å². The standard InChI is InChI=1S/C13H9Cl2NO/c14-10-5-3-6-11(15)13(10)16-8-9-4-1-2-7-12(9)17/h1-8,17H. The number of nitrogens with zero attached hydrogens (tertiary/aromatic N) is 1. The van der Waals surface area contributed by atoms with Gasteiger partial charge < -0.3 is 5.11 Å². The van der Waals surface area contributed by atoms with Gasteiger partial charge in [0.05, 0.1) is 10.0 Å². The molecule has 0 spiro atoms. The van der Waals surface area contributed by atoms with Crippen LogP contribution >= 0.6 is 23.2 Å². The van der Waals surface area contributed by atoms with E-state index in [-0.39, 0.29) is 5.75 Å². The fraction of sp³-hybridized carbons (Fsp3) is 0. The normalized spacial score (nSPS) is 10.9. The van der Waals surface area contributed by atoms with Crippen molar-refractivity contribution in [2.24, 2.45) is 4.99 Å². The molecule has 0 bridgehead atoms. The largest absolute Gasteiger partial charge is 0.507 e. The van der Waals surface area contributed by atoms with Crippen molar-refractivity contribution in [1.82, 2.24) is 0 Å². The van der Waals surface area contributed by atoms with Gasteiger partial charge in [-0.15, -0.1) is 0 Å². The van der Waals surface area contributed by atoms with Crippen LogP contribution in [0.3, 0.4) is 0 Å². The van der Waals surface area contributed by atoms with E-state index in [0.717, 1.165) is 0 Å². The molecule has 86 valence electrons. The highest BCUT2D eigenvalue weighted by Crippen LogP contribution is 2.32. The average Bonchev–Trinajstić information content (AvgIpc) is 2.30. The summed E-state index contributed by atoms with van der Waals surface area (Å²) < 4.78 is 0. The number of phenols is 1. The molecule has 0 aliphatic heterocycles. The summed E-state index contributed by atoms with van der Waals surface area (Å²) in [6.07, 6.45) is 1.53. The molecule has 0 aliphatic rings. The van der Waals surface area contributed by atoms with E-state index >= 15 is 0 Å². The predicted octanol–water partition coefficient (Wildman–Crippen LogP) is 4.45. The van der Waals surface area contributed by atoms with Crippen LogP contribution in [0.1, 0.15) is 5.56 Å². The van der Waals surface area contributed by atoms with E-state index in [1.165, 1.54) is 6.21 Å². The molecular formula is C13H9Cl2NO. The lowest BCUT2D eigenvalue weighted by Gasteiger charge is -2.01. The van der Waals surface area contributed by atoms with E-state index in [0.29, 0.717) is 21.3 Å². The molecule has 0 aliphatic carbocycles. The molecule has 0 atom stereocenters. The van der Waals surface area contributed by atoms with Gasteiger partial charge in [0.2, 0.25) is 0 Å². The second-order valence-corrected chi connectivity index (χ2v) is 4.20. The number of halogens is 2. The fourth-order valence-electron chi connectivity index (χ4n) is 1.34. The van der Waals surface area contributed by atoms with Gasteiger partial charge in [-0.25, -0.2) is 0 Å². The molecule has 17 heavy (non-hydrogen) atoms. The van der Waals surface area contributed by atoms with Crippen LogP contribution in [0.4, 0.5) is 5.69 Å². The number of phenolic OH excluding ortho intramolecular Hbond substituents is 1. The number of aliphatic imine (C=N–C) groups is 1. The minimum Gasteiger partial charge on any atom is -0.507 e. The van der Waals surface area contributed by atoms with Gasteiger partial charge in [-0.1, -0.05) is 41.4 Å². The van der Waals surface area contributed by atoms with E-state index in [2.05, 4.69) is 4.99 Å². The summed E-state index contributed by atoms with van der Waals surface area (Å²) in [5, 5.41) is 10.5. The quantitative estimate of drug-likeness (QED) is 0.800. The van der Waals surface area contributed by atoms with Crippen LogP contribution in [0.2, 0.25) is 10.0 Å². The third-order valence-corrected chi connectivity index (χ3v) is 2.82. The summed E-state index contributed by atoms with van der Waals surface area (Å²) in [7, 11) is 0. The van der Waals surface area contributed by atoms with Crippen LogP contribution in [0.25, 0.3) is 0 Å². The Hall–Kier alpha value is -1.51. The van der Waals surface area contributed by atoms with Crippen LogP contribution in [0.5, 0.6) is 5.75 Å². The van der Waals surface area contributed by atoms with Gasteiger partial charge in [0, 0.05) is 11.8 Å². The SMILES string of the molecule is Oc1ccccc1C=Nc1c(Cl)cccc1Cl. The second kappa shape index (κ2) is 5.21. The molecule has 0 heterocycles. The molecule has 0 saturated heterocycles. The molecule has 0 fully saturated rings. The molecule has 0 aromatic heterocycles. The molecule has 1 N–H and O–H groups in total. The lowest BCUT2D eigenvalue weighted by molar-refractivity contribution is 0.474. The van der Waals surface area contributed by atoms with Gasteiger partial charge in [0.25, 0.3) is 0 Å². The molecule has 0 unspecified atom stereocenters. The number of aromatic hydroxyl groups is 1. The number of hydrogen-bond acceptors (Lipinski definition) is 2. The highest BCUT2D eigenvalue weighted by molar-refractivity contribution is 6.38. The van der Waals surface area contributed by atoms with Crippen molar-refractivity contribution in [3.8, 4) is 5.75 Å². The summed E-state index contributed by atoms with van der Waals surface area (Å²) in [4.78, 5) is 4.19. The molecular weight excluding hydrogens is 257 g/mol. The maximum Gasteiger partial charge on any atom is 0.124 e. The maximum absolute atomic E-state index is 9.57. The van der Waals surface area contributed by atoms with Crippen molar-refractivity contribution in [1.29, 1.82) is 0 Å². The summed E-state index contributed by atoms with van der Waals surface area (Å²) in [6.45, 7) is 0. The summed E-state index contributed by atoms with van der Waals surface area (Å²) in [6, 6.07) is 12.1. The van der Waals surface area contributed by atoms with Crippen molar-refractivity contribution in [2.45, 2.75) is 0 Å². The van der Waals surface area contributed by atoms with Gasteiger partial charge in [-0.05, 0) is 24.3 Å². The van der Waals surface area contributed by atoms with Gasteiger partial charge in [-0.2, -0.15) is 0 Å². The molecule has 0 amide bonds. The van der Waals surface area contributed by atoms with Crippen LogP contribution in [-0.4, -0.2) is 11.3 Å². The minimum atomic E-state index is 0.166. The Balaban J connectivity index is 2.36. The topological polar surface area (TPSA) is 32.6 Å². The summed E-state index contributed by atoms with van der Waals surface area (Å²) in [5.41, 5.74) is 1.11. The van der Waals surface area contributed by atoms with E-state index in [9.17, 15) is 5.11 Å². The molecule has 2 nitrogen and oxygen atoms in total. The van der Waals surface area contributed by atoms with E-state index in [4.69, 9.17) is 23.2 Å². The zero-order valence-corrected chi connectivity index (χ0v) is 10.3. The molecule has 4 heteroatoms. The van der Waals surface area contributed by atoms with E-state index < -0.39 is 0 Å². The first-order valence-electron chi connectivity index (χ1n) is 4.94. The summed E-state index contributed by atoms with van der Waals surface area (Å²) >= 11 is 11.9. The Morgan fingerprint density at radius 1 is 0.941 bits per heavy atom. The zero-order chi connectivity index (χ0) is 12.3. The van der Waals surface area contributed by atoms with Gasteiger partial charge in [0.15, 0.2) is 0 Å². The molecule has 0 radical (unpaired) electrons. The third kappa shape index (κ3) is 2.78. The Bertz CT molecular complexity index is 547. The Morgan fingerprint density at radius 3 is 2.24 bits per heavy atom. The predicted molar refractivity (Wildman–Crippen MR) is 71.8 cm³/mol. The van der Waals surface area contributed by atoms with Crippen molar-refractivity contribution in [2.75, 3.05) is 0 Å². The third-order valence-electron chi connectivity index (χ3n) is 2.21. The van der Waals surface area contributed by atoms with Crippen molar-refractivity contribution in [3.05, 3.63) is 58.1 Å². The average molecular weight is 266 g/mol. The molecule has 2 aromatic rings. The first-order valence-corrected chi connectivity index (χ1v) is 5.70. The minimum absolute atomic E-state index is 0.166. The number of rotatable bonds is 2. The van der Waals surface area contributed by atoms with Gasteiger partial charge >= 0.3 is 0 Å². The van der Waals surface area contributed by atoms with Crippen molar-refractivity contribution < 1.29 is 5.11 Å². The van der Waals surface area contributed by atoms with Crippen LogP contribution < -0.4 is 0 Å². The molecule has 0 saturated carbocycles. The summed E-state index contributed by atoms with van der Waals surface area (Å²) in [5.74, 6) is 0.166. The smallest absolute Gasteiger partial charge is 0.124 e. The highest BCUT2D eigenvalue weighted by atomic mass is 35.5. The van der Waals surface area contributed by atoms with E-state index in [1.807, 2.05) is 6.07 Å². The van der Waals surface area contributed by atoms with Gasteiger partial charge in [0.1, 0.15) is 11.4 Å². The Morgan fingerprint density at radius 2 is 1.59 bits per heavy atom. The highest BCUT2D eigenvalue weighted by Gasteiger charge is 2.03. The second-order valence-electron chi connectivity index (χ2n) is 3.39. The van der Waals surface area contributed by atoms with Gasteiger partial charge in [-0.3, -0.25) is 4.99 Å². The first-order chi connectivity index (χ1) is 8.18. The first kappa shape index (κ1) is 12.0. The van der Waals surface area contributed by atoms with Crippen LogP contribution in [0.15, 0.2) is 47.5 Å². The van der Waals surface area contributed by atoms with Crippen LogP contribution in [0, 0.1) is 0 Å². The monoisotopic (exact) mass is 265 g/mol. The lowest BCUT2D eigenvalue weighted by atomic mass is 10.2. The number of benzene rings is 2. The Labute approximate surface area is 109 Å². The van der Waals surface area contributed by atoms with E-state index in [1.54, 1.807) is 36.4 Å². The fourth-order valence-corrected chi connectivity index (χ4v) is 1.84. The zero-order valence-electron chi connectivity index (χ0n) is 8.77. The number of hydrogen-bond donors (Lipinski definition) is 1. The lowest BCUT2D eigenvalue weighted by Crippen LogP contribution is -1.81.